The maximum Gasteiger partial charge on any atom is 0.270 e. The van der Waals surface area contributed by atoms with Crippen molar-refractivity contribution in [2.24, 2.45) is 0 Å². The first-order valence-electron chi connectivity index (χ1n) is 8.90. The highest BCUT2D eigenvalue weighted by atomic mass is 16.6. The van der Waals surface area contributed by atoms with Crippen LogP contribution < -0.4 is 10.1 Å². The molecule has 2 heterocycles. The van der Waals surface area contributed by atoms with Crippen LogP contribution in [0.1, 0.15) is 37.4 Å². The fraction of sp³-hybridized carbons (Fsp3) is 0.238. The molecule has 140 valence electrons. The average molecular weight is 374 g/mol. The summed E-state index contributed by atoms with van der Waals surface area (Å²) in [6, 6.07) is 15.9. The van der Waals surface area contributed by atoms with Gasteiger partial charge in [-0.15, -0.1) is 0 Å². The average Bonchev–Trinajstić information content (AvgIpc) is 2.66. The van der Waals surface area contributed by atoms with Crippen LogP contribution >= 0.6 is 0 Å². The summed E-state index contributed by atoms with van der Waals surface area (Å²) in [6.45, 7) is 4.07. The Kier molecular flexibility index (Phi) is 4.12. The van der Waals surface area contributed by atoms with Crippen LogP contribution in [-0.4, -0.2) is 15.5 Å². The highest BCUT2D eigenvalue weighted by molar-refractivity contribution is 5.88. The number of fused-ring (bicyclic) bond motifs is 2. The second-order valence-corrected chi connectivity index (χ2v) is 7.43. The molecule has 4 rings (SSSR count). The third-order valence-corrected chi connectivity index (χ3v) is 4.82. The lowest BCUT2D eigenvalue weighted by Crippen LogP contribution is -2.37. The molecule has 2 aromatic carbocycles. The zero-order valence-electron chi connectivity index (χ0n) is 15.5. The van der Waals surface area contributed by atoms with E-state index in [4.69, 9.17) is 4.74 Å². The van der Waals surface area contributed by atoms with Gasteiger partial charge in [0.15, 0.2) is 0 Å². The fourth-order valence-corrected chi connectivity index (χ4v) is 3.60. The number of nitrogens with one attached hydrogen (secondary N) is 1. The maximum absolute atomic E-state index is 11.0. The number of nitriles is 1. The second-order valence-electron chi connectivity index (χ2n) is 7.43. The summed E-state index contributed by atoms with van der Waals surface area (Å²) in [7, 11) is 0. The number of ether oxygens (including phenoxy) is 1. The van der Waals surface area contributed by atoms with Crippen molar-refractivity contribution in [1.82, 2.24) is 4.98 Å². The number of benzene rings is 2. The van der Waals surface area contributed by atoms with Crippen LogP contribution in [0.3, 0.4) is 0 Å². The summed E-state index contributed by atoms with van der Waals surface area (Å²) in [4.78, 5) is 15.1. The number of rotatable bonds is 3. The monoisotopic (exact) mass is 374 g/mol. The summed E-state index contributed by atoms with van der Waals surface area (Å²) in [6.07, 6.45) is 0.728. The lowest BCUT2D eigenvalue weighted by atomic mass is 9.89. The number of hydrogen-bond acceptors (Lipinski definition) is 6. The van der Waals surface area contributed by atoms with Gasteiger partial charge in [-0.05, 0) is 32.0 Å². The minimum atomic E-state index is -0.478. The number of aromatic nitrogens is 1. The zero-order chi connectivity index (χ0) is 19.9. The Labute approximate surface area is 161 Å². The first-order valence-corrected chi connectivity index (χ1v) is 8.90. The summed E-state index contributed by atoms with van der Waals surface area (Å²) >= 11 is 0. The van der Waals surface area contributed by atoms with Crippen molar-refractivity contribution in [3.05, 3.63) is 69.8 Å². The van der Waals surface area contributed by atoms with Gasteiger partial charge in [-0.1, -0.05) is 18.2 Å². The van der Waals surface area contributed by atoms with Crippen LogP contribution in [0.5, 0.6) is 5.75 Å². The Morgan fingerprint density at radius 1 is 1.29 bits per heavy atom. The standard InChI is InChI=1S/C21H18N4O3/c1-21(2)11-18(15-5-3-4-6-19(15)28-21)24-20-9-13(12-22)16-10-14(25(26)27)7-8-17(16)23-20/h3-10,18H,11H2,1-2H3,(H,23,24). The van der Waals surface area contributed by atoms with Crippen molar-refractivity contribution in [1.29, 1.82) is 5.26 Å². The quantitative estimate of drug-likeness (QED) is 0.525. The molecule has 1 atom stereocenters. The lowest BCUT2D eigenvalue weighted by molar-refractivity contribution is -0.384. The van der Waals surface area contributed by atoms with Crippen LogP contribution in [0.25, 0.3) is 10.9 Å². The number of pyridine rings is 1. The summed E-state index contributed by atoms with van der Waals surface area (Å²) < 4.78 is 6.06. The van der Waals surface area contributed by atoms with Crippen molar-refractivity contribution >= 4 is 22.4 Å². The topological polar surface area (TPSA) is 101 Å². The smallest absolute Gasteiger partial charge is 0.270 e. The van der Waals surface area contributed by atoms with E-state index in [-0.39, 0.29) is 17.3 Å². The van der Waals surface area contributed by atoms with Crippen LogP contribution in [0.4, 0.5) is 11.5 Å². The number of nitrogens with zero attached hydrogens (tertiary/aromatic N) is 3. The summed E-state index contributed by atoms with van der Waals surface area (Å²) in [5.74, 6) is 1.38. The van der Waals surface area contributed by atoms with Crippen molar-refractivity contribution in [3.8, 4) is 11.8 Å². The van der Waals surface area contributed by atoms with Crippen LogP contribution in [-0.2, 0) is 0 Å². The van der Waals surface area contributed by atoms with Crippen molar-refractivity contribution in [2.75, 3.05) is 5.32 Å². The first kappa shape index (κ1) is 17.7. The largest absolute Gasteiger partial charge is 0.487 e. The Balaban J connectivity index is 1.75. The Bertz CT molecular complexity index is 1130. The van der Waals surface area contributed by atoms with E-state index in [0.717, 1.165) is 17.7 Å². The van der Waals surface area contributed by atoms with E-state index in [1.807, 2.05) is 38.1 Å². The number of nitro groups is 1. The van der Waals surface area contributed by atoms with Gasteiger partial charge in [-0.3, -0.25) is 10.1 Å². The maximum atomic E-state index is 11.0. The van der Waals surface area contributed by atoms with Crippen LogP contribution in [0, 0.1) is 21.4 Å². The molecule has 0 spiro atoms. The summed E-state index contributed by atoms with van der Waals surface area (Å²) in [5, 5.41) is 24.5. The van der Waals surface area contributed by atoms with E-state index in [0.29, 0.717) is 22.3 Å². The molecule has 1 aliphatic rings. The third-order valence-electron chi connectivity index (χ3n) is 4.82. The molecule has 7 nitrogen and oxygen atoms in total. The Morgan fingerprint density at radius 3 is 2.82 bits per heavy atom. The van der Waals surface area contributed by atoms with Crippen LogP contribution in [0.2, 0.25) is 0 Å². The normalized spacial score (nSPS) is 17.2. The Morgan fingerprint density at radius 2 is 2.07 bits per heavy atom. The molecule has 0 aliphatic carbocycles. The number of nitro benzene ring substituents is 1. The first-order chi connectivity index (χ1) is 13.4. The van der Waals surface area contributed by atoms with Gasteiger partial charge in [0.2, 0.25) is 0 Å². The van der Waals surface area contributed by atoms with Crippen molar-refractivity contribution < 1.29 is 9.66 Å². The highest BCUT2D eigenvalue weighted by Gasteiger charge is 2.33. The number of para-hydroxylation sites is 1. The molecule has 0 amide bonds. The zero-order valence-corrected chi connectivity index (χ0v) is 15.5. The summed E-state index contributed by atoms with van der Waals surface area (Å²) in [5.41, 5.74) is 1.50. The Hall–Kier alpha value is -3.66. The number of anilines is 1. The highest BCUT2D eigenvalue weighted by Crippen LogP contribution is 2.41. The SMILES string of the molecule is CC1(C)CC(Nc2cc(C#N)c3cc([N+](=O)[O-])ccc3n2)c2ccccc2O1. The molecule has 1 aliphatic heterocycles. The van der Waals surface area contributed by atoms with Gasteiger partial charge in [0, 0.05) is 29.5 Å². The van der Waals surface area contributed by atoms with Gasteiger partial charge in [-0.25, -0.2) is 4.98 Å². The number of non-ortho nitro benzene ring substituents is 1. The van der Waals surface area contributed by atoms with Gasteiger partial charge in [-0.2, -0.15) is 5.26 Å². The van der Waals surface area contributed by atoms with Crippen molar-refractivity contribution in [2.45, 2.75) is 31.9 Å². The molecule has 1 N–H and O–H groups in total. The molecular formula is C21H18N4O3. The van der Waals surface area contributed by atoms with Gasteiger partial charge in [0.1, 0.15) is 17.2 Å². The lowest BCUT2D eigenvalue weighted by Gasteiger charge is -2.38. The van der Waals surface area contributed by atoms with Gasteiger partial charge in [0.05, 0.1) is 28.1 Å². The second kappa shape index (κ2) is 6.50. The molecule has 0 saturated carbocycles. The van der Waals surface area contributed by atoms with Gasteiger partial charge < -0.3 is 10.1 Å². The van der Waals surface area contributed by atoms with E-state index >= 15 is 0 Å². The van der Waals surface area contributed by atoms with E-state index in [1.165, 1.54) is 12.1 Å². The molecule has 0 radical (unpaired) electrons. The molecule has 0 saturated heterocycles. The molecule has 1 unspecified atom stereocenters. The predicted molar refractivity (Wildman–Crippen MR) is 105 cm³/mol. The van der Waals surface area contributed by atoms with Gasteiger partial charge >= 0.3 is 0 Å². The van der Waals surface area contributed by atoms with E-state index < -0.39 is 4.92 Å². The molecule has 3 aromatic rings. The fourth-order valence-electron chi connectivity index (χ4n) is 3.60. The van der Waals surface area contributed by atoms with Gasteiger partial charge in [0.25, 0.3) is 5.69 Å². The third kappa shape index (κ3) is 3.21. The molecule has 28 heavy (non-hydrogen) atoms. The molecule has 1 aromatic heterocycles. The van der Waals surface area contributed by atoms with E-state index in [2.05, 4.69) is 16.4 Å². The van der Waals surface area contributed by atoms with E-state index in [1.54, 1.807) is 12.1 Å². The minimum absolute atomic E-state index is 0.0329. The van der Waals surface area contributed by atoms with Crippen LogP contribution in [0.15, 0.2) is 48.5 Å². The molecule has 0 fully saturated rings. The molecule has 0 bridgehead atoms. The van der Waals surface area contributed by atoms with Crippen molar-refractivity contribution in [3.63, 3.8) is 0 Å². The van der Waals surface area contributed by atoms with E-state index in [9.17, 15) is 15.4 Å². The minimum Gasteiger partial charge on any atom is -0.487 e. The molecule has 7 heteroatoms. The molecular weight excluding hydrogens is 356 g/mol. The predicted octanol–water partition coefficient (Wildman–Crippen LogP) is 4.73. The number of hydrogen-bond donors (Lipinski definition) is 1.